The van der Waals surface area contributed by atoms with E-state index in [1.807, 2.05) is 18.1 Å². The summed E-state index contributed by atoms with van der Waals surface area (Å²) in [7, 11) is 4.16. The molecule has 1 saturated heterocycles. The zero-order valence-corrected chi connectivity index (χ0v) is 16.8. The van der Waals surface area contributed by atoms with E-state index >= 15 is 0 Å². The molecule has 4 rings (SSSR count). The van der Waals surface area contributed by atoms with Crippen molar-refractivity contribution in [2.24, 2.45) is 11.8 Å². The van der Waals surface area contributed by atoms with Gasteiger partial charge < -0.3 is 4.90 Å². The summed E-state index contributed by atoms with van der Waals surface area (Å²) in [5, 5.41) is 7.56. The number of amides is 1. The zero-order valence-electron chi connectivity index (χ0n) is 16.8. The van der Waals surface area contributed by atoms with Gasteiger partial charge in [-0.05, 0) is 57.2 Å². The Labute approximate surface area is 161 Å². The molecule has 1 aromatic carbocycles. The summed E-state index contributed by atoms with van der Waals surface area (Å²) in [5.74, 6) is 1.53. The second-order valence-electron chi connectivity index (χ2n) is 8.63. The summed E-state index contributed by atoms with van der Waals surface area (Å²) in [5.41, 5.74) is 6.14. The molecular formula is C22H30N4O. The van der Waals surface area contributed by atoms with Gasteiger partial charge in [-0.2, -0.15) is 5.10 Å². The van der Waals surface area contributed by atoms with E-state index in [1.165, 1.54) is 28.7 Å². The van der Waals surface area contributed by atoms with E-state index in [9.17, 15) is 4.79 Å². The molecule has 5 nitrogen and oxygen atoms in total. The quantitative estimate of drug-likeness (QED) is 0.902. The maximum absolute atomic E-state index is 12.0. The maximum atomic E-state index is 12.0. The molecule has 2 aromatic rings. The molecule has 0 bridgehead atoms. The van der Waals surface area contributed by atoms with Gasteiger partial charge in [0, 0.05) is 43.7 Å². The van der Waals surface area contributed by atoms with Crippen LogP contribution in [0, 0.1) is 25.7 Å². The van der Waals surface area contributed by atoms with E-state index in [2.05, 4.69) is 54.2 Å². The molecule has 1 N–H and O–H groups in total. The van der Waals surface area contributed by atoms with Crippen molar-refractivity contribution in [1.29, 1.82) is 0 Å². The Kier molecular flexibility index (Phi) is 4.81. The molecule has 1 aliphatic heterocycles. The molecule has 5 heteroatoms. The SMILES string of the molecule is Cc1ccc(C)c(-c2[nH]ncc2CN(C)[C@H]2C[C@H]3CC(=O)N(C)C[C@H]3C2)c1. The van der Waals surface area contributed by atoms with Gasteiger partial charge in [0.2, 0.25) is 5.91 Å². The van der Waals surface area contributed by atoms with Crippen LogP contribution in [-0.2, 0) is 11.3 Å². The number of fused-ring (bicyclic) bond motifs is 1. The first kappa shape index (κ1) is 18.2. The molecule has 144 valence electrons. The molecule has 1 aliphatic carbocycles. The largest absolute Gasteiger partial charge is 0.345 e. The third-order valence-corrected chi connectivity index (χ3v) is 6.61. The number of rotatable bonds is 4. The lowest BCUT2D eigenvalue weighted by Crippen LogP contribution is -2.39. The summed E-state index contributed by atoms with van der Waals surface area (Å²) in [6.45, 7) is 6.09. The van der Waals surface area contributed by atoms with Crippen molar-refractivity contribution in [3.63, 3.8) is 0 Å². The summed E-state index contributed by atoms with van der Waals surface area (Å²) in [6, 6.07) is 7.10. The van der Waals surface area contributed by atoms with Crippen LogP contribution in [0.3, 0.4) is 0 Å². The van der Waals surface area contributed by atoms with Crippen molar-refractivity contribution in [3.05, 3.63) is 41.1 Å². The van der Waals surface area contributed by atoms with E-state index in [0.29, 0.717) is 23.8 Å². The van der Waals surface area contributed by atoms with Crippen molar-refractivity contribution in [3.8, 4) is 11.3 Å². The average molecular weight is 367 g/mol. The van der Waals surface area contributed by atoms with Gasteiger partial charge in [-0.25, -0.2) is 0 Å². The van der Waals surface area contributed by atoms with Crippen LogP contribution >= 0.6 is 0 Å². The minimum Gasteiger partial charge on any atom is -0.345 e. The van der Waals surface area contributed by atoms with Crippen molar-refractivity contribution in [1.82, 2.24) is 20.0 Å². The van der Waals surface area contributed by atoms with Crippen LogP contribution in [0.1, 0.15) is 36.0 Å². The Hall–Kier alpha value is -2.14. The van der Waals surface area contributed by atoms with Crippen LogP contribution in [0.4, 0.5) is 0 Å². The zero-order chi connectivity index (χ0) is 19.1. The molecule has 2 fully saturated rings. The Bertz CT molecular complexity index is 843. The maximum Gasteiger partial charge on any atom is 0.222 e. The standard InChI is InChI=1S/C22H30N4O/c1-14-5-6-15(2)20(7-14)22-18(11-23-24-22)13-25(3)19-8-16-10-21(27)26(4)12-17(16)9-19/h5-7,11,16-17,19H,8-10,12-13H2,1-4H3,(H,23,24)/t16-,17+,19-/m0/s1. The minimum absolute atomic E-state index is 0.312. The van der Waals surface area contributed by atoms with Gasteiger partial charge in [0.1, 0.15) is 0 Å². The number of H-pyrrole nitrogens is 1. The monoisotopic (exact) mass is 366 g/mol. The number of aromatic amines is 1. The van der Waals surface area contributed by atoms with Gasteiger partial charge in [-0.15, -0.1) is 0 Å². The second-order valence-corrected chi connectivity index (χ2v) is 8.63. The van der Waals surface area contributed by atoms with E-state index in [0.717, 1.165) is 31.6 Å². The first-order valence-corrected chi connectivity index (χ1v) is 9.96. The molecule has 1 aromatic heterocycles. The number of hydrogen-bond acceptors (Lipinski definition) is 3. The molecule has 1 saturated carbocycles. The topological polar surface area (TPSA) is 52.2 Å². The highest BCUT2D eigenvalue weighted by Gasteiger charge is 2.41. The number of piperidine rings is 1. The fourth-order valence-corrected chi connectivity index (χ4v) is 4.91. The highest BCUT2D eigenvalue weighted by molar-refractivity contribution is 5.77. The predicted molar refractivity (Wildman–Crippen MR) is 107 cm³/mol. The number of nitrogens with one attached hydrogen (secondary N) is 1. The van der Waals surface area contributed by atoms with Crippen molar-refractivity contribution < 1.29 is 4.79 Å². The molecule has 2 heterocycles. The number of nitrogens with zero attached hydrogens (tertiary/aromatic N) is 3. The van der Waals surface area contributed by atoms with Crippen LogP contribution in [0.5, 0.6) is 0 Å². The van der Waals surface area contributed by atoms with Crippen molar-refractivity contribution >= 4 is 5.91 Å². The highest BCUT2D eigenvalue weighted by Crippen LogP contribution is 2.40. The summed E-state index contributed by atoms with van der Waals surface area (Å²) < 4.78 is 0. The molecule has 3 atom stereocenters. The van der Waals surface area contributed by atoms with Gasteiger partial charge in [0.15, 0.2) is 0 Å². The Balaban J connectivity index is 1.49. The Morgan fingerprint density at radius 1 is 1.26 bits per heavy atom. The van der Waals surface area contributed by atoms with E-state index in [4.69, 9.17) is 0 Å². The van der Waals surface area contributed by atoms with Gasteiger partial charge in [-0.3, -0.25) is 14.8 Å². The lowest BCUT2D eigenvalue weighted by atomic mass is 9.88. The number of hydrogen-bond donors (Lipinski definition) is 1. The normalized spacial score (nSPS) is 25.3. The number of likely N-dealkylation sites (tertiary alicyclic amines) is 1. The summed E-state index contributed by atoms with van der Waals surface area (Å²) >= 11 is 0. The summed E-state index contributed by atoms with van der Waals surface area (Å²) in [4.78, 5) is 16.4. The van der Waals surface area contributed by atoms with E-state index in [1.54, 1.807) is 0 Å². The minimum atomic E-state index is 0.312. The third kappa shape index (κ3) is 3.53. The van der Waals surface area contributed by atoms with Crippen molar-refractivity contribution in [2.45, 2.75) is 45.7 Å². The third-order valence-electron chi connectivity index (χ3n) is 6.61. The van der Waals surface area contributed by atoms with Crippen LogP contribution < -0.4 is 0 Å². The van der Waals surface area contributed by atoms with Crippen LogP contribution in [0.2, 0.25) is 0 Å². The molecule has 2 aliphatic rings. The fourth-order valence-electron chi connectivity index (χ4n) is 4.91. The predicted octanol–water partition coefficient (Wildman–Crippen LogP) is 3.38. The molecule has 0 unspecified atom stereocenters. The number of benzene rings is 1. The van der Waals surface area contributed by atoms with Crippen LogP contribution in [-0.4, -0.2) is 52.6 Å². The number of aromatic nitrogens is 2. The molecule has 0 radical (unpaired) electrons. The van der Waals surface area contributed by atoms with Crippen LogP contribution in [0.15, 0.2) is 24.4 Å². The van der Waals surface area contributed by atoms with Gasteiger partial charge in [0.05, 0.1) is 11.9 Å². The smallest absolute Gasteiger partial charge is 0.222 e. The van der Waals surface area contributed by atoms with Gasteiger partial charge in [0.25, 0.3) is 0 Å². The second kappa shape index (κ2) is 7.12. The number of carbonyl (C=O) groups is 1. The lowest BCUT2D eigenvalue weighted by molar-refractivity contribution is -0.134. The average Bonchev–Trinajstić information content (AvgIpc) is 3.24. The van der Waals surface area contributed by atoms with E-state index in [-0.39, 0.29) is 0 Å². The molecule has 27 heavy (non-hydrogen) atoms. The Morgan fingerprint density at radius 2 is 2.04 bits per heavy atom. The molecule has 1 amide bonds. The fraction of sp³-hybridized carbons (Fsp3) is 0.545. The Morgan fingerprint density at radius 3 is 2.85 bits per heavy atom. The molecule has 0 spiro atoms. The van der Waals surface area contributed by atoms with Gasteiger partial charge >= 0.3 is 0 Å². The number of carbonyl (C=O) groups excluding carboxylic acids is 1. The lowest BCUT2D eigenvalue weighted by Gasteiger charge is -2.31. The van der Waals surface area contributed by atoms with Gasteiger partial charge in [-0.1, -0.05) is 17.7 Å². The number of aryl methyl sites for hydroxylation is 2. The van der Waals surface area contributed by atoms with E-state index < -0.39 is 0 Å². The first-order valence-electron chi connectivity index (χ1n) is 9.96. The highest BCUT2D eigenvalue weighted by atomic mass is 16.2. The van der Waals surface area contributed by atoms with Crippen molar-refractivity contribution in [2.75, 3.05) is 20.6 Å². The summed E-state index contributed by atoms with van der Waals surface area (Å²) in [6.07, 6.45) is 5.02. The molecular weight excluding hydrogens is 336 g/mol. The van der Waals surface area contributed by atoms with Crippen LogP contribution in [0.25, 0.3) is 11.3 Å². The first-order chi connectivity index (χ1) is 12.9.